The lowest BCUT2D eigenvalue weighted by Gasteiger charge is -2.03. The lowest BCUT2D eigenvalue weighted by Crippen LogP contribution is -1.87. The fraction of sp³-hybridized carbons (Fsp3) is 0.500. The highest BCUT2D eigenvalue weighted by atomic mass is 35.5. The molecular weight excluding hydrogens is 212 g/mol. The van der Waals surface area contributed by atoms with Crippen molar-refractivity contribution >= 4 is 24.2 Å². The third-order valence-electron chi connectivity index (χ3n) is 2.31. The number of aryl methyl sites for hydroxylation is 1. The fourth-order valence-corrected chi connectivity index (χ4v) is 1.94. The Bertz CT molecular complexity index is 260. The van der Waals surface area contributed by atoms with Gasteiger partial charge in [-0.3, -0.25) is 0 Å². The topological polar surface area (TPSA) is 0 Å². The minimum atomic E-state index is 0.904. The second kappa shape index (κ2) is 7.19. The third-order valence-corrected chi connectivity index (χ3v) is 3.00. The number of rotatable bonds is 6. The summed E-state index contributed by atoms with van der Waals surface area (Å²) < 4.78 is 0. The van der Waals surface area contributed by atoms with Crippen molar-refractivity contribution in [3.05, 3.63) is 34.9 Å². The maximum Gasteiger partial charge on any atom is 0.0437 e. The first-order valence-corrected chi connectivity index (χ1v) is 6.20. The zero-order valence-electron chi connectivity index (χ0n) is 8.38. The Labute approximate surface area is 97.1 Å². The van der Waals surface area contributed by atoms with Gasteiger partial charge in [-0.15, -0.1) is 0 Å². The molecule has 0 aliphatic heterocycles. The molecule has 0 aliphatic rings. The van der Waals surface area contributed by atoms with Crippen LogP contribution in [0.4, 0.5) is 0 Å². The van der Waals surface area contributed by atoms with Gasteiger partial charge in [0.25, 0.3) is 0 Å². The van der Waals surface area contributed by atoms with Crippen molar-refractivity contribution in [2.45, 2.75) is 32.1 Å². The van der Waals surface area contributed by atoms with Crippen LogP contribution < -0.4 is 0 Å². The van der Waals surface area contributed by atoms with Crippen LogP contribution in [0.25, 0.3) is 0 Å². The van der Waals surface area contributed by atoms with Gasteiger partial charge in [0.2, 0.25) is 0 Å². The fourth-order valence-electron chi connectivity index (χ4n) is 1.48. The molecule has 1 aromatic rings. The van der Waals surface area contributed by atoms with Gasteiger partial charge in [0.05, 0.1) is 0 Å². The minimum absolute atomic E-state index is 0.904. The first-order valence-electron chi connectivity index (χ1n) is 5.19. The van der Waals surface area contributed by atoms with Gasteiger partial charge in [0.1, 0.15) is 0 Å². The molecule has 0 unspecified atom stereocenters. The Morgan fingerprint density at radius 1 is 1.00 bits per heavy atom. The SMILES string of the molecule is SCCCCCCc1ccccc1Cl. The molecule has 0 heterocycles. The van der Waals surface area contributed by atoms with Gasteiger partial charge in [0, 0.05) is 5.02 Å². The van der Waals surface area contributed by atoms with E-state index in [1.807, 2.05) is 12.1 Å². The maximum absolute atomic E-state index is 6.05. The molecule has 2 heteroatoms. The number of halogens is 1. The van der Waals surface area contributed by atoms with E-state index in [2.05, 4.69) is 24.8 Å². The summed E-state index contributed by atoms with van der Waals surface area (Å²) in [5, 5.41) is 0.904. The van der Waals surface area contributed by atoms with Gasteiger partial charge in [-0.05, 0) is 36.6 Å². The highest BCUT2D eigenvalue weighted by Crippen LogP contribution is 2.17. The average Bonchev–Trinajstić information content (AvgIpc) is 2.20. The van der Waals surface area contributed by atoms with E-state index >= 15 is 0 Å². The van der Waals surface area contributed by atoms with Crippen LogP contribution in [0.3, 0.4) is 0 Å². The predicted molar refractivity (Wildman–Crippen MR) is 67.5 cm³/mol. The van der Waals surface area contributed by atoms with Crippen LogP contribution in [0.15, 0.2) is 24.3 Å². The van der Waals surface area contributed by atoms with Gasteiger partial charge in [0.15, 0.2) is 0 Å². The van der Waals surface area contributed by atoms with Gasteiger partial charge < -0.3 is 0 Å². The smallest absolute Gasteiger partial charge is 0.0437 e. The van der Waals surface area contributed by atoms with E-state index in [1.54, 1.807) is 0 Å². The zero-order chi connectivity index (χ0) is 10.2. The summed E-state index contributed by atoms with van der Waals surface area (Å²) in [6.45, 7) is 0. The minimum Gasteiger partial charge on any atom is -0.179 e. The summed E-state index contributed by atoms with van der Waals surface area (Å²) in [6, 6.07) is 8.10. The Morgan fingerprint density at radius 3 is 2.43 bits per heavy atom. The monoisotopic (exact) mass is 228 g/mol. The van der Waals surface area contributed by atoms with E-state index < -0.39 is 0 Å². The van der Waals surface area contributed by atoms with E-state index in [0.717, 1.165) is 17.2 Å². The van der Waals surface area contributed by atoms with Crippen molar-refractivity contribution in [2.75, 3.05) is 5.75 Å². The summed E-state index contributed by atoms with van der Waals surface area (Å²) in [5.41, 5.74) is 1.28. The number of benzene rings is 1. The van der Waals surface area contributed by atoms with Crippen molar-refractivity contribution in [3.8, 4) is 0 Å². The van der Waals surface area contributed by atoms with E-state index in [9.17, 15) is 0 Å². The summed E-state index contributed by atoms with van der Waals surface area (Å²) in [7, 11) is 0. The third kappa shape index (κ3) is 4.39. The second-order valence-corrected chi connectivity index (χ2v) is 4.33. The average molecular weight is 229 g/mol. The zero-order valence-corrected chi connectivity index (χ0v) is 10.0. The van der Waals surface area contributed by atoms with Crippen LogP contribution in [0.5, 0.6) is 0 Å². The van der Waals surface area contributed by atoms with E-state index in [-0.39, 0.29) is 0 Å². The molecule has 78 valence electrons. The predicted octanol–water partition coefficient (Wildman–Crippen LogP) is 4.37. The summed E-state index contributed by atoms with van der Waals surface area (Å²) in [5.74, 6) is 1.01. The molecule has 0 saturated heterocycles. The van der Waals surface area contributed by atoms with Crippen LogP contribution in [-0.4, -0.2) is 5.75 Å². The molecule has 0 bridgehead atoms. The second-order valence-electron chi connectivity index (χ2n) is 3.48. The molecule has 0 fully saturated rings. The first kappa shape index (κ1) is 11.9. The Morgan fingerprint density at radius 2 is 1.71 bits per heavy atom. The van der Waals surface area contributed by atoms with Crippen LogP contribution in [0.1, 0.15) is 31.2 Å². The number of unbranched alkanes of at least 4 members (excludes halogenated alkanes) is 3. The highest BCUT2D eigenvalue weighted by molar-refractivity contribution is 7.80. The quantitative estimate of drug-likeness (QED) is 0.543. The van der Waals surface area contributed by atoms with Crippen molar-refractivity contribution in [2.24, 2.45) is 0 Å². The number of thiol groups is 1. The highest BCUT2D eigenvalue weighted by Gasteiger charge is 1.97. The lowest BCUT2D eigenvalue weighted by atomic mass is 10.1. The van der Waals surface area contributed by atoms with Crippen LogP contribution >= 0.6 is 24.2 Å². The molecule has 0 saturated carbocycles. The number of hydrogen-bond acceptors (Lipinski definition) is 1. The molecule has 0 aromatic heterocycles. The van der Waals surface area contributed by atoms with E-state index in [1.165, 1.54) is 31.2 Å². The van der Waals surface area contributed by atoms with Crippen molar-refractivity contribution in [1.82, 2.24) is 0 Å². The molecule has 14 heavy (non-hydrogen) atoms. The van der Waals surface area contributed by atoms with Crippen molar-refractivity contribution in [3.63, 3.8) is 0 Å². The largest absolute Gasteiger partial charge is 0.179 e. The maximum atomic E-state index is 6.05. The number of hydrogen-bond donors (Lipinski definition) is 1. The van der Waals surface area contributed by atoms with E-state index in [0.29, 0.717) is 0 Å². The van der Waals surface area contributed by atoms with Crippen LogP contribution in [-0.2, 0) is 6.42 Å². The molecule has 0 amide bonds. The standard InChI is InChI=1S/C12H17ClS/c13-12-9-5-4-8-11(12)7-3-1-2-6-10-14/h4-5,8-9,14H,1-3,6-7,10H2. The Hall–Kier alpha value is -0.140. The molecular formula is C12H17ClS. The molecule has 0 atom stereocenters. The molecule has 0 nitrogen and oxygen atoms in total. The Kier molecular flexibility index (Phi) is 6.13. The van der Waals surface area contributed by atoms with E-state index in [4.69, 9.17) is 11.6 Å². The molecule has 1 aromatic carbocycles. The normalized spacial score (nSPS) is 10.4. The Balaban J connectivity index is 2.21. The molecule has 0 N–H and O–H groups in total. The summed E-state index contributed by atoms with van der Waals surface area (Å²) >= 11 is 10.2. The first-order chi connectivity index (χ1) is 6.84. The van der Waals surface area contributed by atoms with Crippen molar-refractivity contribution < 1.29 is 0 Å². The lowest BCUT2D eigenvalue weighted by molar-refractivity contribution is 0.671. The van der Waals surface area contributed by atoms with Gasteiger partial charge in [-0.1, -0.05) is 42.6 Å². The summed E-state index contributed by atoms with van der Waals surface area (Å²) in [6.07, 6.45) is 6.13. The van der Waals surface area contributed by atoms with Crippen molar-refractivity contribution in [1.29, 1.82) is 0 Å². The molecule has 0 aliphatic carbocycles. The van der Waals surface area contributed by atoms with Crippen LogP contribution in [0, 0.1) is 0 Å². The summed E-state index contributed by atoms with van der Waals surface area (Å²) in [4.78, 5) is 0. The van der Waals surface area contributed by atoms with Gasteiger partial charge in [-0.2, -0.15) is 12.6 Å². The molecule has 1 rings (SSSR count). The van der Waals surface area contributed by atoms with Gasteiger partial charge >= 0.3 is 0 Å². The van der Waals surface area contributed by atoms with Crippen LogP contribution in [0.2, 0.25) is 5.02 Å². The molecule has 0 spiro atoms. The van der Waals surface area contributed by atoms with Gasteiger partial charge in [-0.25, -0.2) is 0 Å². The molecule has 0 radical (unpaired) electrons.